The maximum atomic E-state index is 12.0. The maximum absolute atomic E-state index is 12.0. The minimum atomic E-state index is -1.40. The molecule has 2 N–H and O–H groups in total. The number of hydrogen-bond acceptors (Lipinski definition) is 5. The zero-order valence-electron chi connectivity index (χ0n) is 16.0. The molecule has 0 saturated carbocycles. The van der Waals surface area contributed by atoms with Crippen molar-refractivity contribution >= 4 is 23.3 Å². The number of nitrogens with one attached hydrogen (secondary N) is 1. The quantitative estimate of drug-likeness (QED) is 0.751. The van der Waals surface area contributed by atoms with E-state index in [1.165, 1.54) is 12.8 Å². The average Bonchev–Trinajstić information content (AvgIpc) is 2.73. The number of benzene rings is 2. The monoisotopic (exact) mass is 382 g/mol. The van der Waals surface area contributed by atoms with Crippen molar-refractivity contribution in [1.82, 2.24) is 0 Å². The smallest absolute Gasteiger partial charge is 0.340 e. The van der Waals surface area contributed by atoms with Crippen LogP contribution in [0.3, 0.4) is 0 Å². The van der Waals surface area contributed by atoms with Gasteiger partial charge in [-0.05, 0) is 48.6 Å². The van der Waals surface area contributed by atoms with E-state index in [0.29, 0.717) is 11.3 Å². The molecule has 0 unspecified atom stereocenters. The Balaban J connectivity index is 1.46. The van der Waals surface area contributed by atoms with E-state index >= 15 is 0 Å². The predicted molar refractivity (Wildman–Crippen MR) is 108 cm³/mol. The Hall–Kier alpha value is -2.86. The number of carbonyl (C=O) groups is 2. The number of nitrogens with zero attached hydrogens (tertiary/aromatic N) is 1. The lowest BCUT2D eigenvalue weighted by Gasteiger charge is -2.32. The average molecular weight is 382 g/mol. The van der Waals surface area contributed by atoms with Crippen molar-refractivity contribution in [3.05, 3.63) is 60.2 Å². The van der Waals surface area contributed by atoms with Crippen molar-refractivity contribution in [2.45, 2.75) is 25.9 Å². The molecule has 3 rings (SSSR count). The first-order valence-corrected chi connectivity index (χ1v) is 9.57. The van der Waals surface area contributed by atoms with Gasteiger partial charge < -0.3 is 20.1 Å². The lowest BCUT2D eigenvalue weighted by atomic mass is 9.99. The van der Waals surface area contributed by atoms with E-state index in [9.17, 15) is 14.7 Å². The van der Waals surface area contributed by atoms with E-state index in [1.54, 1.807) is 30.3 Å². The van der Waals surface area contributed by atoms with E-state index in [0.717, 1.165) is 24.7 Å². The summed E-state index contributed by atoms with van der Waals surface area (Å²) >= 11 is 0. The van der Waals surface area contributed by atoms with Gasteiger partial charge in [0.05, 0.1) is 0 Å². The minimum Gasteiger partial charge on any atom is -0.453 e. The number of carbonyl (C=O) groups excluding carboxylic acids is 2. The van der Waals surface area contributed by atoms with E-state index in [-0.39, 0.29) is 0 Å². The molecular formula is C22H26N2O4. The molecular weight excluding hydrogens is 356 g/mol. The molecule has 1 fully saturated rings. The van der Waals surface area contributed by atoms with Crippen LogP contribution in [0.4, 0.5) is 11.4 Å². The molecule has 1 aliphatic rings. The summed E-state index contributed by atoms with van der Waals surface area (Å²) in [5.74, 6) is -0.526. The van der Waals surface area contributed by atoms with Gasteiger partial charge in [0.25, 0.3) is 5.91 Å². The van der Waals surface area contributed by atoms with Crippen LogP contribution in [0, 0.1) is 5.92 Å². The molecule has 0 bridgehead atoms. The van der Waals surface area contributed by atoms with Gasteiger partial charge in [-0.25, -0.2) is 4.79 Å². The summed E-state index contributed by atoms with van der Waals surface area (Å²) < 4.78 is 4.91. The standard InChI is InChI=1S/C22H26N2O4/c1-16-11-13-24(14-12-16)19-9-7-18(8-10-19)23-20(25)15-28-22(27)21(26)17-5-3-2-4-6-17/h2-10,16,21,26H,11-15H2,1H3,(H,23,25)/t21-/m1/s1. The van der Waals surface area contributed by atoms with Gasteiger partial charge in [-0.2, -0.15) is 0 Å². The van der Waals surface area contributed by atoms with Crippen LogP contribution < -0.4 is 10.2 Å². The molecule has 1 amide bonds. The van der Waals surface area contributed by atoms with E-state index < -0.39 is 24.6 Å². The summed E-state index contributed by atoms with van der Waals surface area (Å²) in [5, 5.41) is 12.6. The summed E-state index contributed by atoms with van der Waals surface area (Å²) in [6, 6.07) is 16.1. The number of aliphatic hydroxyl groups excluding tert-OH is 1. The van der Waals surface area contributed by atoms with Crippen LogP contribution in [0.5, 0.6) is 0 Å². The summed E-state index contributed by atoms with van der Waals surface area (Å²) in [6.45, 7) is 3.93. The van der Waals surface area contributed by atoms with Gasteiger partial charge >= 0.3 is 5.97 Å². The predicted octanol–water partition coefficient (Wildman–Crippen LogP) is 3.14. The molecule has 1 heterocycles. The summed E-state index contributed by atoms with van der Waals surface area (Å²) in [5.41, 5.74) is 2.21. The number of aliphatic hydroxyl groups is 1. The molecule has 6 heteroatoms. The molecule has 1 aliphatic heterocycles. The third kappa shape index (κ3) is 5.33. The van der Waals surface area contributed by atoms with Crippen LogP contribution in [0.1, 0.15) is 31.4 Å². The molecule has 1 atom stereocenters. The van der Waals surface area contributed by atoms with E-state index in [2.05, 4.69) is 17.1 Å². The topological polar surface area (TPSA) is 78.9 Å². The molecule has 28 heavy (non-hydrogen) atoms. The summed E-state index contributed by atoms with van der Waals surface area (Å²) in [7, 11) is 0. The first kappa shape index (κ1) is 19.9. The van der Waals surface area contributed by atoms with Crippen molar-refractivity contribution in [3.8, 4) is 0 Å². The highest BCUT2D eigenvalue weighted by Gasteiger charge is 2.20. The van der Waals surface area contributed by atoms with Crippen LogP contribution in [-0.4, -0.2) is 36.7 Å². The lowest BCUT2D eigenvalue weighted by molar-refractivity contribution is -0.156. The number of piperidine rings is 1. The van der Waals surface area contributed by atoms with Crippen LogP contribution >= 0.6 is 0 Å². The molecule has 2 aromatic rings. The first-order valence-electron chi connectivity index (χ1n) is 9.57. The third-order valence-corrected chi connectivity index (χ3v) is 4.98. The number of amides is 1. The van der Waals surface area contributed by atoms with E-state index in [1.807, 2.05) is 24.3 Å². The fourth-order valence-corrected chi connectivity index (χ4v) is 3.21. The summed E-state index contributed by atoms with van der Waals surface area (Å²) in [6.07, 6.45) is 0.984. The van der Waals surface area contributed by atoms with Crippen molar-refractivity contribution in [2.24, 2.45) is 5.92 Å². The Morgan fingerprint density at radius 1 is 1.11 bits per heavy atom. The number of anilines is 2. The highest BCUT2D eigenvalue weighted by molar-refractivity contribution is 5.93. The fraction of sp³-hybridized carbons (Fsp3) is 0.364. The fourth-order valence-electron chi connectivity index (χ4n) is 3.21. The zero-order chi connectivity index (χ0) is 19.9. The second-order valence-electron chi connectivity index (χ2n) is 7.19. The number of hydrogen-bond donors (Lipinski definition) is 2. The number of esters is 1. The lowest BCUT2D eigenvalue weighted by Crippen LogP contribution is -2.32. The molecule has 0 spiro atoms. The van der Waals surface area contributed by atoms with Gasteiger partial charge in [-0.1, -0.05) is 37.3 Å². The largest absolute Gasteiger partial charge is 0.453 e. The van der Waals surface area contributed by atoms with Gasteiger partial charge in [-0.3, -0.25) is 4.79 Å². The third-order valence-electron chi connectivity index (χ3n) is 4.98. The van der Waals surface area contributed by atoms with Crippen LogP contribution in [0.25, 0.3) is 0 Å². The Kier molecular flexibility index (Phi) is 6.66. The van der Waals surface area contributed by atoms with Crippen LogP contribution in [0.15, 0.2) is 54.6 Å². The minimum absolute atomic E-state index is 0.426. The highest BCUT2D eigenvalue weighted by atomic mass is 16.5. The maximum Gasteiger partial charge on any atom is 0.340 e. The molecule has 0 aliphatic carbocycles. The molecule has 1 saturated heterocycles. The second kappa shape index (κ2) is 9.37. The van der Waals surface area contributed by atoms with Crippen molar-refractivity contribution in [3.63, 3.8) is 0 Å². The first-order chi connectivity index (χ1) is 13.5. The molecule has 6 nitrogen and oxygen atoms in total. The molecule has 2 aromatic carbocycles. The SMILES string of the molecule is CC1CCN(c2ccc(NC(=O)COC(=O)[C@H](O)c3ccccc3)cc2)CC1. The normalized spacial score (nSPS) is 15.7. The molecule has 0 radical (unpaired) electrons. The van der Waals surface area contributed by atoms with Gasteiger partial charge in [0.15, 0.2) is 12.7 Å². The van der Waals surface area contributed by atoms with Gasteiger partial charge in [-0.15, -0.1) is 0 Å². The molecule has 0 aromatic heterocycles. The number of rotatable bonds is 6. The zero-order valence-corrected chi connectivity index (χ0v) is 16.0. The summed E-state index contributed by atoms with van der Waals surface area (Å²) in [4.78, 5) is 26.2. The Morgan fingerprint density at radius 3 is 2.39 bits per heavy atom. The second-order valence-corrected chi connectivity index (χ2v) is 7.19. The molecule has 148 valence electrons. The van der Waals surface area contributed by atoms with Crippen molar-refractivity contribution in [1.29, 1.82) is 0 Å². The Labute approximate surface area is 165 Å². The van der Waals surface area contributed by atoms with Gasteiger partial charge in [0.1, 0.15) is 0 Å². The van der Waals surface area contributed by atoms with E-state index in [4.69, 9.17) is 4.74 Å². The van der Waals surface area contributed by atoms with Crippen LogP contribution in [0.2, 0.25) is 0 Å². The van der Waals surface area contributed by atoms with Crippen molar-refractivity contribution < 1.29 is 19.4 Å². The van der Waals surface area contributed by atoms with Gasteiger partial charge in [0.2, 0.25) is 0 Å². The Morgan fingerprint density at radius 2 is 1.75 bits per heavy atom. The van der Waals surface area contributed by atoms with Crippen molar-refractivity contribution in [2.75, 3.05) is 29.9 Å². The number of ether oxygens (including phenoxy) is 1. The van der Waals surface area contributed by atoms with Gasteiger partial charge in [0, 0.05) is 24.5 Å². The highest BCUT2D eigenvalue weighted by Crippen LogP contribution is 2.24. The van der Waals surface area contributed by atoms with Crippen LogP contribution in [-0.2, 0) is 14.3 Å². The Bertz CT molecular complexity index is 784.